The fourth-order valence-electron chi connectivity index (χ4n) is 2.45. The minimum Gasteiger partial charge on any atom is -0.482 e. The summed E-state index contributed by atoms with van der Waals surface area (Å²) in [5, 5.41) is 4.25. The van der Waals surface area contributed by atoms with E-state index in [1.165, 1.54) is 5.56 Å². The normalized spacial score (nSPS) is 12.4. The van der Waals surface area contributed by atoms with Crippen LogP contribution in [0, 0.1) is 0 Å². The first-order valence-corrected chi connectivity index (χ1v) is 7.21. The molecule has 0 bridgehead atoms. The highest BCUT2D eigenvalue weighted by atomic mass is 16.5. The number of para-hydroxylation sites is 1. The molecule has 3 rings (SSSR count). The zero-order valence-corrected chi connectivity index (χ0v) is 12.1. The van der Waals surface area contributed by atoms with E-state index in [1.54, 1.807) is 6.26 Å². The Bertz CT molecular complexity index is 691. The van der Waals surface area contributed by atoms with Gasteiger partial charge in [0.2, 0.25) is 0 Å². The lowest BCUT2D eigenvalue weighted by Crippen LogP contribution is -2.16. The average Bonchev–Trinajstić information content (AvgIpc) is 3.01. The second-order valence-corrected chi connectivity index (χ2v) is 5.00. The van der Waals surface area contributed by atoms with E-state index >= 15 is 0 Å². The molecular weight excluding hydrogens is 262 g/mol. The molecule has 0 aliphatic rings. The molecule has 0 amide bonds. The lowest BCUT2D eigenvalue weighted by molar-refractivity contribution is 0.195. The van der Waals surface area contributed by atoms with Crippen LogP contribution in [0.1, 0.15) is 18.1 Å². The Kier molecular flexibility index (Phi) is 4.22. The number of hydrogen-bond acceptors (Lipinski definition) is 3. The first kappa shape index (κ1) is 13.7. The van der Waals surface area contributed by atoms with Gasteiger partial charge in [-0.3, -0.25) is 0 Å². The predicted octanol–water partition coefficient (Wildman–Crippen LogP) is 4.16. The molecule has 0 saturated carbocycles. The van der Waals surface area contributed by atoms with Crippen molar-refractivity contribution in [3.8, 4) is 5.75 Å². The first-order valence-electron chi connectivity index (χ1n) is 7.21. The molecule has 108 valence electrons. The molecule has 3 nitrogen and oxygen atoms in total. The molecule has 0 spiro atoms. The van der Waals surface area contributed by atoms with Crippen molar-refractivity contribution in [1.82, 2.24) is 5.32 Å². The summed E-state index contributed by atoms with van der Waals surface area (Å²) in [6, 6.07) is 18.2. The molecule has 0 aliphatic heterocycles. The Hall–Kier alpha value is -2.26. The van der Waals surface area contributed by atoms with E-state index in [4.69, 9.17) is 9.15 Å². The van der Waals surface area contributed by atoms with Gasteiger partial charge in [0, 0.05) is 11.8 Å². The fourth-order valence-corrected chi connectivity index (χ4v) is 2.45. The van der Waals surface area contributed by atoms with Gasteiger partial charge in [-0.1, -0.05) is 42.5 Å². The maximum atomic E-state index is 6.24. The minimum atomic E-state index is 0.00866. The van der Waals surface area contributed by atoms with E-state index in [1.807, 2.05) is 49.5 Å². The van der Waals surface area contributed by atoms with Crippen molar-refractivity contribution in [1.29, 1.82) is 0 Å². The van der Waals surface area contributed by atoms with Gasteiger partial charge >= 0.3 is 0 Å². The van der Waals surface area contributed by atoms with Crippen molar-refractivity contribution < 1.29 is 9.15 Å². The summed E-state index contributed by atoms with van der Waals surface area (Å²) < 4.78 is 11.8. The van der Waals surface area contributed by atoms with E-state index in [2.05, 4.69) is 17.4 Å². The SMILES string of the molecule is CNCCC(Oc1cccc2ccoc12)c1ccccc1. The Morgan fingerprint density at radius 2 is 1.90 bits per heavy atom. The van der Waals surface area contributed by atoms with Gasteiger partial charge in [0.05, 0.1) is 6.26 Å². The molecule has 21 heavy (non-hydrogen) atoms. The number of rotatable bonds is 6. The number of fused-ring (bicyclic) bond motifs is 1. The zero-order valence-electron chi connectivity index (χ0n) is 12.1. The van der Waals surface area contributed by atoms with Crippen molar-refractivity contribution in [2.45, 2.75) is 12.5 Å². The van der Waals surface area contributed by atoms with Crippen LogP contribution in [-0.2, 0) is 0 Å². The average molecular weight is 281 g/mol. The molecule has 0 radical (unpaired) electrons. The molecule has 1 aromatic heterocycles. The lowest BCUT2D eigenvalue weighted by Gasteiger charge is -2.19. The number of nitrogens with one attached hydrogen (secondary N) is 1. The van der Waals surface area contributed by atoms with Gasteiger partial charge in [0.1, 0.15) is 6.10 Å². The molecule has 0 saturated heterocycles. The Morgan fingerprint density at radius 1 is 1.05 bits per heavy atom. The molecule has 0 aliphatic carbocycles. The topological polar surface area (TPSA) is 34.4 Å². The summed E-state index contributed by atoms with van der Waals surface area (Å²) in [6.07, 6.45) is 2.61. The lowest BCUT2D eigenvalue weighted by atomic mass is 10.1. The second-order valence-electron chi connectivity index (χ2n) is 5.00. The quantitative estimate of drug-likeness (QED) is 0.736. The van der Waals surface area contributed by atoms with Crippen molar-refractivity contribution in [2.24, 2.45) is 0 Å². The highest BCUT2D eigenvalue weighted by Crippen LogP contribution is 2.31. The summed E-state index contributed by atoms with van der Waals surface area (Å²) in [5.41, 5.74) is 1.99. The molecule has 3 aromatic rings. The molecule has 1 N–H and O–H groups in total. The van der Waals surface area contributed by atoms with Gasteiger partial charge < -0.3 is 14.5 Å². The first-order chi connectivity index (χ1) is 10.4. The highest BCUT2D eigenvalue weighted by molar-refractivity contribution is 5.82. The van der Waals surface area contributed by atoms with E-state index < -0.39 is 0 Å². The molecule has 2 aromatic carbocycles. The Morgan fingerprint density at radius 3 is 2.71 bits per heavy atom. The molecule has 1 heterocycles. The van der Waals surface area contributed by atoms with Crippen LogP contribution in [0.25, 0.3) is 11.0 Å². The minimum absolute atomic E-state index is 0.00866. The van der Waals surface area contributed by atoms with Crippen LogP contribution >= 0.6 is 0 Å². The summed E-state index contributed by atoms with van der Waals surface area (Å²) in [6.45, 7) is 0.897. The summed E-state index contributed by atoms with van der Waals surface area (Å²) in [7, 11) is 1.95. The van der Waals surface area contributed by atoms with Crippen LogP contribution in [0.4, 0.5) is 0 Å². The molecular formula is C18H19NO2. The second kappa shape index (κ2) is 6.46. The summed E-state index contributed by atoms with van der Waals surface area (Å²) in [5.74, 6) is 0.794. The highest BCUT2D eigenvalue weighted by Gasteiger charge is 2.15. The third kappa shape index (κ3) is 3.09. The molecule has 3 heteroatoms. The number of hydrogen-bond donors (Lipinski definition) is 1. The van der Waals surface area contributed by atoms with E-state index in [9.17, 15) is 0 Å². The van der Waals surface area contributed by atoms with Crippen molar-refractivity contribution >= 4 is 11.0 Å². The number of furan rings is 1. The Balaban J connectivity index is 1.89. The standard InChI is InChI=1S/C18H19NO2/c1-19-12-10-16(14-6-3-2-4-7-14)21-17-9-5-8-15-11-13-20-18(15)17/h2-9,11,13,16,19H,10,12H2,1H3. The maximum absolute atomic E-state index is 6.24. The van der Waals surface area contributed by atoms with Crippen LogP contribution in [0.15, 0.2) is 65.3 Å². The van der Waals surface area contributed by atoms with Gasteiger partial charge in [-0.15, -0.1) is 0 Å². The van der Waals surface area contributed by atoms with Gasteiger partial charge in [-0.2, -0.15) is 0 Å². The zero-order chi connectivity index (χ0) is 14.5. The van der Waals surface area contributed by atoms with E-state index in [0.29, 0.717) is 0 Å². The van der Waals surface area contributed by atoms with E-state index in [0.717, 1.165) is 29.7 Å². The van der Waals surface area contributed by atoms with Gasteiger partial charge in [0.25, 0.3) is 0 Å². The smallest absolute Gasteiger partial charge is 0.175 e. The Labute approximate surface area is 124 Å². The number of ether oxygens (including phenoxy) is 1. The van der Waals surface area contributed by atoms with Crippen molar-refractivity contribution in [3.63, 3.8) is 0 Å². The van der Waals surface area contributed by atoms with Crippen LogP contribution in [0.5, 0.6) is 5.75 Å². The maximum Gasteiger partial charge on any atom is 0.175 e. The third-order valence-corrected chi connectivity index (χ3v) is 3.54. The van der Waals surface area contributed by atoms with Crippen LogP contribution in [0.3, 0.4) is 0 Å². The number of benzene rings is 2. The summed E-state index contributed by atoms with van der Waals surface area (Å²) >= 11 is 0. The van der Waals surface area contributed by atoms with Crippen LogP contribution < -0.4 is 10.1 Å². The largest absolute Gasteiger partial charge is 0.482 e. The molecule has 1 unspecified atom stereocenters. The summed E-state index contributed by atoms with van der Waals surface area (Å²) in [4.78, 5) is 0. The van der Waals surface area contributed by atoms with Gasteiger partial charge in [-0.05, 0) is 31.3 Å². The fraction of sp³-hybridized carbons (Fsp3) is 0.222. The monoisotopic (exact) mass is 281 g/mol. The third-order valence-electron chi connectivity index (χ3n) is 3.54. The van der Waals surface area contributed by atoms with Gasteiger partial charge in [0.15, 0.2) is 11.3 Å². The van der Waals surface area contributed by atoms with Gasteiger partial charge in [-0.25, -0.2) is 0 Å². The van der Waals surface area contributed by atoms with Crippen LogP contribution in [-0.4, -0.2) is 13.6 Å². The molecule has 1 atom stereocenters. The van der Waals surface area contributed by atoms with E-state index in [-0.39, 0.29) is 6.10 Å². The molecule has 0 fully saturated rings. The van der Waals surface area contributed by atoms with Crippen LogP contribution in [0.2, 0.25) is 0 Å². The predicted molar refractivity (Wildman–Crippen MR) is 84.6 cm³/mol. The van der Waals surface area contributed by atoms with Crippen molar-refractivity contribution in [3.05, 3.63) is 66.4 Å². The van der Waals surface area contributed by atoms with Crippen molar-refractivity contribution in [2.75, 3.05) is 13.6 Å².